The molecule has 1 aromatic rings. The first-order chi connectivity index (χ1) is 9.69. The van der Waals surface area contributed by atoms with E-state index < -0.39 is 0 Å². The minimum Gasteiger partial charge on any atom is -0.370 e. The Hall–Kier alpha value is -1.85. The number of nitrogens with one attached hydrogen (secondary N) is 2. The Morgan fingerprint density at radius 2 is 2.25 bits per heavy atom. The van der Waals surface area contributed by atoms with Gasteiger partial charge in [-0.25, -0.2) is 9.97 Å². The fourth-order valence-corrected chi connectivity index (χ4v) is 2.49. The molecule has 20 heavy (non-hydrogen) atoms. The zero-order valence-electron chi connectivity index (χ0n) is 12.0. The van der Waals surface area contributed by atoms with Crippen LogP contribution in [0.1, 0.15) is 38.4 Å². The molecule has 1 unspecified atom stereocenters. The van der Waals surface area contributed by atoms with Crippen molar-refractivity contribution in [3.63, 3.8) is 0 Å². The van der Waals surface area contributed by atoms with E-state index in [1.165, 1.54) is 12.8 Å². The number of hydrogen-bond donors (Lipinski definition) is 2. The number of amides is 1. The Morgan fingerprint density at radius 1 is 1.45 bits per heavy atom. The molecule has 1 saturated carbocycles. The Kier molecular flexibility index (Phi) is 3.46. The van der Waals surface area contributed by atoms with Crippen molar-refractivity contribution in [2.75, 3.05) is 29.9 Å². The third kappa shape index (κ3) is 2.55. The number of piperazine rings is 1. The molecule has 0 aromatic carbocycles. The summed E-state index contributed by atoms with van der Waals surface area (Å²) in [5, 5.41) is 6.14. The first kappa shape index (κ1) is 13.1. The highest BCUT2D eigenvalue weighted by Gasteiger charge is 2.30. The molecule has 1 aromatic heterocycles. The van der Waals surface area contributed by atoms with E-state index >= 15 is 0 Å². The molecule has 1 aliphatic carbocycles. The highest BCUT2D eigenvalue weighted by atomic mass is 16.2. The number of anilines is 2. The highest BCUT2D eigenvalue weighted by molar-refractivity contribution is 5.85. The maximum absolute atomic E-state index is 11.8. The van der Waals surface area contributed by atoms with Crippen molar-refractivity contribution in [2.45, 2.75) is 38.6 Å². The van der Waals surface area contributed by atoms with Gasteiger partial charge in [0.2, 0.25) is 5.91 Å². The summed E-state index contributed by atoms with van der Waals surface area (Å²) in [7, 11) is 0. The molecule has 0 spiro atoms. The third-order valence-electron chi connectivity index (χ3n) is 3.82. The summed E-state index contributed by atoms with van der Waals surface area (Å²) in [5.41, 5.74) is 0. The predicted molar refractivity (Wildman–Crippen MR) is 78.0 cm³/mol. The van der Waals surface area contributed by atoms with E-state index in [9.17, 15) is 4.79 Å². The van der Waals surface area contributed by atoms with Gasteiger partial charge in [-0.3, -0.25) is 4.79 Å². The summed E-state index contributed by atoms with van der Waals surface area (Å²) in [6.07, 6.45) is 2.34. The van der Waals surface area contributed by atoms with Gasteiger partial charge in [-0.05, 0) is 26.7 Å². The van der Waals surface area contributed by atoms with Crippen LogP contribution in [-0.2, 0) is 4.79 Å². The second-order valence-corrected chi connectivity index (χ2v) is 5.43. The smallest absolute Gasteiger partial charge is 0.242 e. The normalized spacial score (nSPS) is 22.6. The average Bonchev–Trinajstić information content (AvgIpc) is 3.26. The van der Waals surface area contributed by atoms with Gasteiger partial charge in [0.25, 0.3) is 0 Å². The van der Waals surface area contributed by atoms with Gasteiger partial charge < -0.3 is 15.5 Å². The van der Waals surface area contributed by atoms with Gasteiger partial charge in [0.1, 0.15) is 23.5 Å². The second-order valence-electron chi connectivity index (χ2n) is 5.43. The van der Waals surface area contributed by atoms with Crippen molar-refractivity contribution >= 4 is 17.5 Å². The van der Waals surface area contributed by atoms with Crippen molar-refractivity contribution in [3.8, 4) is 0 Å². The largest absolute Gasteiger partial charge is 0.370 e. The quantitative estimate of drug-likeness (QED) is 0.861. The van der Waals surface area contributed by atoms with E-state index in [4.69, 9.17) is 0 Å². The maximum Gasteiger partial charge on any atom is 0.242 e. The minimum atomic E-state index is -0.180. The van der Waals surface area contributed by atoms with Gasteiger partial charge in [-0.2, -0.15) is 0 Å². The standard InChI is InChI=1S/C14H21N5O/c1-3-15-11-8-12(18-13(17-11)10-4-5-10)19-7-6-16-14(20)9(19)2/h8-10H,3-7H2,1-2H3,(H,16,20)(H,15,17,18). The molecule has 3 rings (SSSR count). The molecule has 1 aliphatic heterocycles. The topological polar surface area (TPSA) is 70.2 Å². The van der Waals surface area contributed by atoms with Crippen molar-refractivity contribution in [3.05, 3.63) is 11.9 Å². The Morgan fingerprint density at radius 3 is 2.95 bits per heavy atom. The third-order valence-corrected chi connectivity index (χ3v) is 3.82. The Bertz CT molecular complexity index is 514. The number of nitrogens with zero attached hydrogens (tertiary/aromatic N) is 3. The molecular formula is C14H21N5O. The van der Waals surface area contributed by atoms with E-state index in [2.05, 4.69) is 32.4 Å². The van der Waals surface area contributed by atoms with Gasteiger partial charge in [0.15, 0.2) is 0 Å². The molecule has 2 fully saturated rings. The van der Waals surface area contributed by atoms with Crippen molar-refractivity contribution in [2.24, 2.45) is 0 Å². The van der Waals surface area contributed by atoms with E-state index in [-0.39, 0.29) is 11.9 Å². The lowest BCUT2D eigenvalue weighted by Gasteiger charge is -2.34. The van der Waals surface area contributed by atoms with E-state index in [1.54, 1.807) is 0 Å². The number of hydrogen-bond acceptors (Lipinski definition) is 5. The molecule has 0 bridgehead atoms. The summed E-state index contributed by atoms with van der Waals surface area (Å²) >= 11 is 0. The lowest BCUT2D eigenvalue weighted by molar-refractivity contribution is -0.122. The summed E-state index contributed by atoms with van der Waals surface area (Å²) in [6.45, 7) is 6.26. The second kappa shape index (κ2) is 5.26. The lowest BCUT2D eigenvalue weighted by Crippen LogP contribution is -2.54. The van der Waals surface area contributed by atoms with Crippen molar-refractivity contribution in [1.82, 2.24) is 15.3 Å². The molecule has 2 N–H and O–H groups in total. The van der Waals surface area contributed by atoms with Crippen molar-refractivity contribution < 1.29 is 4.79 Å². The van der Waals surface area contributed by atoms with Gasteiger partial charge in [0.05, 0.1) is 0 Å². The molecule has 0 radical (unpaired) electrons. The van der Waals surface area contributed by atoms with Crippen LogP contribution >= 0.6 is 0 Å². The van der Waals surface area contributed by atoms with Crippen LogP contribution in [0.3, 0.4) is 0 Å². The van der Waals surface area contributed by atoms with Gasteiger partial charge in [0, 0.05) is 31.6 Å². The molecule has 1 atom stereocenters. The van der Waals surface area contributed by atoms with Crippen LogP contribution in [0.4, 0.5) is 11.6 Å². The van der Waals surface area contributed by atoms with Crippen LogP contribution in [0.15, 0.2) is 6.07 Å². The van der Waals surface area contributed by atoms with Gasteiger partial charge in [-0.15, -0.1) is 0 Å². The zero-order chi connectivity index (χ0) is 14.1. The Balaban J connectivity index is 1.92. The highest BCUT2D eigenvalue weighted by Crippen LogP contribution is 2.39. The van der Waals surface area contributed by atoms with Crippen LogP contribution in [0, 0.1) is 0 Å². The van der Waals surface area contributed by atoms with E-state index in [0.717, 1.165) is 30.5 Å². The first-order valence-corrected chi connectivity index (χ1v) is 7.36. The summed E-state index contributed by atoms with van der Waals surface area (Å²) in [6, 6.07) is 1.77. The van der Waals surface area contributed by atoms with Crippen LogP contribution in [0.2, 0.25) is 0 Å². The predicted octanol–water partition coefficient (Wildman–Crippen LogP) is 1.11. The monoisotopic (exact) mass is 275 g/mol. The number of rotatable bonds is 4. The van der Waals surface area contributed by atoms with Crippen molar-refractivity contribution in [1.29, 1.82) is 0 Å². The molecule has 1 amide bonds. The van der Waals surface area contributed by atoms with Crippen LogP contribution in [-0.4, -0.2) is 41.6 Å². The Labute approximate surface area is 119 Å². The molecule has 2 aliphatic rings. The number of carbonyl (C=O) groups excluding carboxylic acids is 1. The van der Waals surface area contributed by atoms with E-state index in [0.29, 0.717) is 12.5 Å². The summed E-state index contributed by atoms with van der Waals surface area (Å²) < 4.78 is 0. The molecule has 2 heterocycles. The number of carbonyl (C=O) groups is 1. The fraction of sp³-hybridized carbons (Fsp3) is 0.643. The molecule has 1 saturated heterocycles. The minimum absolute atomic E-state index is 0.0628. The van der Waals surface area contributed by atoms with Crippen LogP contribution < -0.4 is 15.5 Å². The van der Waals surface area contributed by atoms with Crippen LogP contribution in [0.25, 0.3) is 0 Å². The molecule has 6 nitrogen and oxygen atoms in total. The van der Waals surface area contributed by atoms with E-state index in [1.807, 2.05) is 13.0 Å². The molecular weight excluding hydrogens is 254 g/mol. The SMILES string of the molecule is CCNc1cc(N2CCNC(=O)C2C)nc(C2CC2)n1. The summed E-state index contributed by atoms with van der Waals surface area (Å²) in [4.78, 5) is 23.1. The first-order valence-electron chi connectivity index (χ1n) is 7.36. The molecule has 108 valence electrons. The van der Waals surface area contributed by atoms with Crippen LogP contribution in [0.5, 0.6) is 0 Å². The lowest BCUT2D eigenvalue weighted by atomic mass is 10.2. The average molecular weight is 275 g/mol. The number of aromatic nitrogens is 2. The molecule has 6 heteroatoms. The fourth-order valence-electron chi connectivity index (χ4n) is 2.49. The van der Waals surface area contributed by atoms with Gasteiger partial charge in [-0.1, -0.05) is 0 Å². The summed E-state index contributed by atoms with van der Waals surface area (Å²) in [5.74, 6) is 3.20. The zero-order valence-corrected chi connectivity index (χ0v) is 12.0. The maximum atomic E-state index is 11.8. The van der Waals surface area contributed by atoms with Gasteiger partial charge >= 0.3 is 0 Å².